The van der Waals surface area contributed by atoms with Crippen LogP contribution in [-0.4, -0.2) is 5.91 Å². The zero-order valence-corrected chi connectivity index (χ0v) is 10.8. The van der Waals surface area contributed by atoms with E-state index in [0.29, 0.717) is 11.3 Å². The largest absolute Gasteiger partial charge is 0.398 e. The first-order valence-corrected chi connectivity index (χ1v) is 6.08. The van der Waals surface area contributed by atoms with E-state index < -0.39 is 5.91 Å². The molecule has 19 heavy (non-hydrogen) atoms. The van der Waals surface area contributed by atoms with E-state index in [2.05, 4.69) is 12.2 Å². The Labute approximate surface area is 112 Å². The van der Waals surface area contributed by atoms with Crippen molar-refractivity contribution in [3.8, 4) is 0 Å². The molecule has 0 spiro atoms. The summed E-state index contributed by atoms with van der Waals surface area (Å²) in [6.45, 7) is 2.05. The molecule has 2 aromatic rings. The lowest BCUT2D eigenvalue weighted by atomic mass is 10.1. The maximum atomic E-state index is 11.2. The van der Waals surface area contributed by atoms with Gasteiger partial charge in [-0.3, -0.25) is 4.79 Å². The van der Waals surface area contributed by atoms with Crippen LogP contribution < -0.4 is 16.8 Å². The van der Waals surface area contributed by atoms with Gasteiger partial charge in [0.15, 0.2) is 0 Å². The van der Waals surface area contributed by atoms with Gasteiger partial charge in [0.25, 0.3) is 5.91 Å². The Balaban J connectivity index is 2.20. The number of nitrogen functional groups attached to an aromatic ring is 1. The average molecular weight is 255 g/mol. The molecule has 1 amide bonds. The molecule has 0 radical (unpaired) electrons. The van der Waals surface area contributed by atoms with Crippen LogP contribution in [0.15, 0.2) is 48.5 Å². The summed E-state index contributed by atoms with van der Waals surface area (Å²) in [5.74, 6) is -0.520. The smallest absolute Gasteiger partial charge is 0.250 e. The molecule has 0 fully saturated rings. The van der Waals surface area contributed by atoms with Gasteiger partial charge in [-0.15, -0.1) is 0 Å². The lowest BCUT2D eigenvalue weighted by Crippen LogP contribution is -2.14. The first kappa shape index (κ1) is 13.0. The summed E-state index contributed by atoms with van der Waals surface area (Å²) in [4.78, 5) is 11.2. The quantitative estimate of drug-likeness (QED) is 0.734. The number of nitrogens with two attached hydrogens (primary N) is 2. The standard InChI is InChI=1S/C15H17N3O/c1-10(11-5-3-2-4-6-11)18-12-7-8-14(16)13(9-12)15(17)19/h2-10,18H,16H2,1H3,(H2,17,19). The Morgan fingerprint density at radius 1 is 1.16 bits per heavy atom. The van der Waals surface area contributed by atoms with Crippen LogP contribution in [0, 0.1) is 0 Å². The van der Waals surface area contributed by atoms with Crippen molar-refractivity contribution in [2.24, 2.45) is 5.73 Å². The minimum atomic E-state index is -0.520. The Morgan fingerprint density at radius 2 is 1.84 bits per heavy atom. The van der Waals surface area contributed by atoms with E-state index in [0.717, 1.165) is 5.69 Å². The normalized spacial score (nSPS) is 11.8. The van der Waals surface area contributed by atoms with Crippen LogP contribution in [0.5, 0.6) is 0 Å². The number of primary amides is 1. The maximum Gasteiger partial charge on any atom is 0.250 e. The first-order chi connectivity index (χ1) is 9.08. The number of amides is 1. The second-order valence-corrected chi connectivity index (χ2v) is 4.44. The van der Waals surface area contributed by atoms with E-state index in [1.165, 1.54) is 5.56 Å². The van der Waals surface area contributed by atoms with Crippen LogP contribution in [-0.2, 0) is 0 Å². The average Bonchev–Trinajstić information content (AvgIpc) is 2.41. The molecule has 2 aromatic carbocycles. The molecule has 2 rings (SSSR count). The van der Waals surface area contributed by atoms with Gasteiger partial charge in [-0.25, -0.2) is 0 Å². The molecule has 0 aliphatic heterocycles. The fourth-order valence-electron chi connectivity index (χ4n) is 1.93. The van der Waals surface area contributed by atoms with Gasteiger partial charge in [-0.05, 0) is 30.7 Å². The Bertz CT molecular complexity index is 581. The summed E-state index contributed by atoms with van der Waals surface area (Å²) >= 11 is 0. The van der Waals surface area contributed by atoms with Crippen LogP contribution in [0.25, 0.3) is 0 Å². The summed E-state index contributed by atoms with van der Waals surface area (Å²) in [7, 11) is 0. The number of carbonyl (C=O) groups is 1. The van der Waals surface area contributed by atoms with Crippen LogP contribution in [0.2, 0.25) is 0 Å². The van der Waals surface area contributed by atoms with Crippen molar-refractivity contribution in [3.63, 3.8) is 0 Å². The van der Waals surface area contributed by atoms with Crippen molar-refractivity contribution in [1.29, 1.82) is 0 Å². The van der Waals surface area contributed by atoms with Gasteiger partial charge in [-0.2, -0.15) is 0 Å². The van der Waals surface area contributed by atoms with Crippen LogP contribution in [0.1, 0.15) is 28.9 Å². The highest BCUT2D eigenvalue weighted by atomic mass is 16.1. The molecule has 5 N–H and O–H groups in total. The lowest BCUT2D eigenvalue weighted by Gasteiger charge is -2.16. The molecule has 0 saturated carbocycles. The Kier molecular flexibility index (Phi) is 3.71. The summed E-state index contributed by atoms with van der Waals surface area (Å²) < 4.78 is 0. The van der Waals surface area contributed by atoms with E-state index >= 15 is 0 Å². The molecular formula is C15H17N3O. The highest BCUT2D eigenvalue weighted by Crippen LogP contribution is 2.22. The van der Waals surface area contributed by atoms with Gasteiger partial charge in [0.05, 0.1) is 5.56 Å². The topological polar surface area (TPSA) is 81.1 Å². The predicted molar refractivity (Wildman–Crippen MR) is 77.9 cm³/mol. The number of nitrogens with one attached hydrogen (secondary N) is 1. The van der Waals surface area contributed by atoms with E-state index in [1.807, 2.05) is 36.4 Å². The molecule has 0 aromatic heterocycles. The van der Waals surface area contributed by atoms with Gasteiger partial charge >= 0.3 is 0 Å². The van der Waals surface area contributed by atoms with Crippen LogP contribution in [0.3, 0.4) is 0 Å². The van der Waals surface area contributed by atoms with E-state index in [1.54, 1.807) is 12.1 Å². The van der Waals surface area contributed by atoms with E-state index in [9.17, 15) is 4.79 Å². The zero-order valence-electron chi connectivity index (χ0n) is 10.8. The maximum absolute atomic E-state index is 11.2. The number of benzene rings is 2. The lowest BCUT2D eigenvalue weighted by molar-refractivity contribution is 0.100. The summed E-state index contributed by atoms with van der Waals surface area (Å²) in [6, 6.07) is 15.4. The molecule has 1 atom stereocenters. The van der Waals surface area contributed by atoms with E-state index in [-0.39, 0.29) is 6.04 Å². The van der Waals surface area contributed by atoms with Crippen molar-refractivity contribution in [3.05, 3.63) is 59.7 Å². The molecular weight excluding hydrogens is 238 g/mol. The van der Waals surface area contributed by atoms with Crippen LogP contribution in [0.4, 0.5) is 11.4 Å². The fourth-order valence-corrected chi connectivity index (χ4v) is 1.93. The Morgan fingerprint density at radius 3 is 2.47 bits per heavy atom. The zero-order chi connectivity index (χ0) is 13.8. The molecule has 0 aliphatic rings. The second kappa shape index (κ2) is 5.44. The first-order valence-electron chi connectivity index (χ1n) is 6.08. The van der Waals surface area contributed by atoms with Crippen molar-refractivity contribution in [2.45, 2.75) is 13.0 Å². The molecule has 0 heterocycles. The van der Waals surface area contributed by atoms with Crippen molar-refractivity contribution >= 4 is 17.3 Å². The minimum absolute atomic E-state index is 0.130. The number of hydrogen-bond acceptors (Lipinski definition) is 3. The number of rotatable bonds is 4. The van der Waals surface area contributed by atoms with Crippen molar-refractivity contribution in [2.75, 3.05) is 11.1 Å². The van der Waals surface area contributed by atoms with Gasteiger partial charge in [-0.1, -0.05) is 30.3 Å². The molecule has 0 saturated heterocycles. The molecule has 4 heteroatoms. The highest BCUT2D eigenvalue weighted by molar-refractivity contribution is 5.98. The summed E-state index contributed by atoms with van der Waals surface area (Å²) in [6.07, 6.45) is 0. The third-order valence-corrected chi connectivity index (χ3v) is 3.00. The number of anilines is 2. The SMILES string of the molecule is CC(Nc1ccc(N)c(C(N)=O)c1)c1ccccc1. The monoisotopic (exact) mass is 255 g/mol. The third kappa shape index (κ3) is 3.04. The van der Waals surface area contributed by atoms with Gasteiger partial charge < -0.3 is 16.8 Å². The molecule has 1 unspecified atom stereocenters. The van der Waals surface area contributed by atoms with E-state index in [4.69, 9.17) is 11.5 Å². The number of carbonyl (C=O) groups excluding carboxylic acids is 1. The Hall–Kier alpha value is -2.49. The molecule has 4 nitrogen and oxygen atoms in total. The molecule has 0 aliphatic carbocycles. The van der Waals surface area contributed by atoms with Gasteiger partial charge in [0, 0.05) is 17.4 Å². The van der Waals surface area contributed by atoms with Crippen molar-refractivity contribution < 1.29 is 4.79 Å². The van der Waals surface area contributed by atoms with Gasteiger partial charge in [0.1, 0.15) is 0 Å². The number of hydrogen-bond donors (Lipinski definition) is 3. The summed E-state index contributed by atoms with van der Waals surface area (Å²) in [5, 5.41) is 3.32. The minimum Gasteiger partial charge on any atom is -0.398 e. The third-order valence-electron chi connectivity index (χ3n) is 3.00. The second-order valence-electron chi connectivity index (χ2n) is 4.44. The van der Waals surface area contributed by atoms with Gasteiger partial charge in [0.2, 0.25) is 0 Å². The predicted octanol–water partition coefficient (Wildman–Crippen LogP) is 2.54. The van der Waals surface area contributed by atoms with Crippen molar-refractivity contribution in [1.82, 2.24) is 0 Å². The van der Waals surface area contributed by atoms with Crippen LogP contribution >= 0.6 is 0 Å². The fraction of sp³-hybridized carbons (Fsp3) is 0.133. The molecule has 0 bridgehead atoms. The summed E-state index contributed by atoms with van der Waals surface area (Å²) in [5.41, 5.74) is 13.7. The highest BCUT2D eigenvalue weighted by Gasteiger charge is 2.09. The molecule has 98 valence electrons.